The summed E-state index contributed by atoms with van der Waals surface area (Å²) in [6.07, 6.45) is 1.12. The summed E-state index contributed by atoms with van der Waals surface area (Å²) in [6, 6.07) is 5.40. The van der Waals surface area contributed by atoms with Crippen LogP contribution in [0.5, 0.6) is 0 Å². The summed E-state index contributed by atoms with van der Waals surface area (Å²) in [6.45, 7) is 1.23. The Labute approximate surface area is 111 Å². The number of carbonyl (C=O) groups excluding carboxylic acids is 1. The third-order valence-corrected chi connectivity index (χ3v) is 3.07. The lowest BCUT2D eigenvalue weighted by molar-refractivity contribution is -0.120. The SMILES string of the molecule is CNCCC(=O)NCCc1c(Cl)cccc1Cl. The first kappa shape index (κ1) is 14.3. The van der Waals surface area contributed by atoms with Crippen molar-refractivity contribution in [3.8, 4) is 0 Å². The maximum Gasteiger partial charge on any atom is 0.221 e. The van der Waals surface area contributed by atoms with E-state index >= 15 is 0 Å². The molecule has 1 aromatic carbocycles. The maximum absolute atomic E-state index is 11.3. The number of halogens is 2. The molecule has 0 saturated carbocycles. The van der Waals surface area contributed by atoms with E-state index < -0.39 is 0 Å². The molecule has 1 rings (SSSR count). The molecule has 0 aliphatic carbocycles. The molecule has 0 bridgehead atoms. The predicted molar refractivity (Wildman–Crippen MR) is 71.7 cm³/mol. The van der Waals surface area contributed by atoms with Gasteiger partial charge in [0.15, 0.2) is 0 Å². The molecule has 0 aliphatic rings. The molecule has 1 amide bonds. The van der Waals surface area contributed by atoms with Crippen molar-refractivity contribution >= 4 is 29.1 Å². The predicted octanol–water partition coefficient (Wildman–Crippen LogP) is 2.26. The molecule has 0 spiro atoms. The number of amides is 1. The van der Waals surface area contributed by atoms with Gasteiger partial charge in [0.25, 0.3) is 0 Å². The van der Waals surface area contributed by atoms with Gasteiger partial charge in [-0.3, -0.25) is 4.79 Å². The highest BCUT2D eigenvalue weighted by molar-refractivity contribution is 6.35. The van der Waals surface area contributed by atoms with E-state index in [2.05, 4.69) is 10.6 Å². The van der Waals surface area contributed by atoms with Crippen LogP contribution in [0.25, 0.3) is 0 Å². The number of hydrogen-bond acceptors (Lipinski definition) is 2. The van der Waals surface area contributed by atoms with Crippen LogP contribution >= 0.6 is 23.2 Å². The monoisotopic (exact) mass is 274 g/mol. The molecule has 1 aromatic rings. The molecule has 5 heteroatoms. The van der Waals surface area contributed by atoms with Crippen LogP contribution in [0.2, 0.25) is 10.0 Å². The van der Waals surface area contributed by atoms with Crippen LogP contribution in [0, 0.1) is 0 Å². The molecule has 3 nitrogen and oxygen atoms in total. The molecule has 0 aliphatic heterocycles. The molecule has 0 heterocycles. The van der Waals surface area contributed by atoms with Crippen LogP contribution in [0.1, 0.15) is 12.0 Å². The van der Waals surface area contributed by atoms with E-state index in [-0.39, 0.29) is 5.91 Å². The van der Waals surface area contributed by atoms with Gasteiger partial charge in [0, 0.05) is 29.6 Å². The van der Waals surface area contributed by atoms with Gasteiger partial charge in [-0.15, -0.1) is 0 Å². The summed E-state index contributed by atoms with van der Waals surface area (Å²) in [7, 11) is 1.82. The molecule has 0 aromatic heterocycles. The summed E-state index contributed by atoms with van der Waals surface area (Å²) in [5.41, 5.74) is 0.879. The molecule has 0 unspecified atom stereocenters. The molecule has 17 heavy (non-hydrogen) atoms. The first-order valence-electron chi connectivity index (χ1n) is 5.49. The van der Waals surface area contributed by atoms with Gasteiger partial charge in [0.1, 0.15) is 0 Å². The number of hydrogen-bond donors (Lipinski definition) is 2. The van der Waals surface area contributed by atoms with Crippen molar-refractivity contribution in [2.75, 3.05) is 20.1 Å². The van der Waals surface area contributed by atoms with Crippen LogP contribution < -0.4 is 10.6 Å². The lowest BCUT2D eigenvalue weighted by Crippen LogP contribution is -2.28. The first-order chi connectivity index (χ1) is 8.15. The highest BCUT2D eigenvalue weighted by Crippen LogP contribution is 2.24. The van der Waals surface area contributed by atoms with Crippen molar-refractivity contribution in [3.05, 3.63) is 33.8 Å². The summed E-state index contributed by atoms with van der Waals surface area (Å²) >= 11 is 12.0. The van der Waals surface area contributed by atoms with Gasteiger partial charge < -0.3 is 10.6 Å². The van der Waals surface area contributed by atoms with Crippen molar-refractivity contribution in [1.82, 2.24) is 10.6 Å². The van der Waals surface area contributed by atoms with Gasteiger partial charge in [-0.2, -0.15) is 0 Å². The summed E-state index contributed by atoms with van der Waals surface area (Å²) in [4.78, 5) is 11.3. The Morgan fingerprint density at radius 3 is 2.47 bits per heavy atom. The van der Waals surface area contributed by atoms with Crippen molar-refractivity contribution in [2.45, 2.75) is 12.8 Å². The maximum atomic E-state index is 11.3. The Balaban J connectivity index is 2.38. The molecular formula is C12H16Cl2N2O. The van der Waals surface area contributed by atoms with Crippen molar-refractivity contribution in [3.63, 3.8) is 0 Å². The van der Waals surface area contributed by atoms with Crippen molar-refractivity contribution in [2.24, 2.45) is 0 Å². The standard InChI is InChI=1S/C12H16Cl2N2O/c1-15-7-6-12(17)16-8-5-9-10(13)3-2-4-11(9)14/h2-4,15H,5-8H2,1H3,(H,16,17). The molecule has 0 radical (unpaired) electrons. The normalized spacial score (nSPS) is 10.3. The van der Waals surface area contributed by atoms with Crippen LogP contribution in [0.4, 0.5) is 0 Å². The van der Waals surface area contributed by atoms with Gasteiger partial charge in [-0.05, 0) is 31.2 Å². The minimum Gasteiger partial charge on any atom is -0.356 e. The van der Waals surface area contributed by atoms with Gasteiger partial charge in [0.2, 0.25) is 5.91 Å². The average Bonchev–Trinajstić information content (AvgIpc) is 2.30. The van der Waals surface area contributed by atoms with E-state index in [1.807, 2.05) is 7.05 Å². The number of rotatable bonds is 6. The molecular weight excluding hydrogens is 259 g/mol. The highest BCUT2D eigenvalue weighted by Gasteiger charge is 2.06. The highest BCUT2D eigenvalue weighted by atomic mass is 35.5. The second-order valence-electron chi connectivity index (χ2n) is 3.65. The fourth-order valence-corrected chi connectivity index (χ4v) is 2.01. The largest absolute Gasteiger partial charge is 0.356 e. The fourth-order valence-electron chi connectivity index (χ4n) is 1.43. The Hall–Kier alpha value is -0.770. The Kier molecular flexibility index (Phi) is 6.34. The zero-order chi connectivity index (χ0) is 12.7. The van der Waals surface area contributed by atoms with Crippen LogP contribution in [0.15, 0.2) is 18.2 Å². The van der Waals surface area contributed by atoms with Crippen LogP contribution in [0.3, 0.4) is 0 Å². The molecule has 2 N–H and O–H groups in total. The second-order valence-corrected chi connectivity index (χ2v) is 4.47. The number of nitrogens with one attached hydrogen (secondary N) is 2. The van der Waals surface area contributed by atoms with Gasteiger partial charge >= 0.3 is 0 Å². The topological polar surface area (TPSA) is 41.1 Å². The van der Waals surface area contributed by atoms with E-state index in [9.17, 15) is 4.79 Å². The van der Waals surface area contributed by atoms with Gasteiger partial charge in [-0.1, -0.05) is 29.3 Å². The van der Waals surface area contributed by atoms with Gasteiger partial charge in [-0.25, -0.2) is 0 Å². The third-order valence-electron chi connectivity index (χ3n) is 2.36. The molecule has 0 fully saturated rings. The first-order valence-corrected chi connectivity index (χ1v) is 6.25. The van der Waals surface area contributed by atoms with E-state index in [1.54, 1.807) is 18.2 Å². The number of carbonyl (C=O) groups is 1. The average molecular weight is 275 g/mol. The Morgan fingerprint density at radius 1 is 1.24 bits per heavy atom. The smallest absolute Gasteiger partial charge is 0.221 e. The second kappa shape index (κ2) is 7.54. The summed E-state index contributed by atoms with van der Waals surface area (Å²) in [5, 5.41) is 7.03. The van der Waals surface area contributed by atoms with Crippen LogP contribution in [-0.4, -0.2) is 26.0 Å². The summed E-state index contributed by atoms with van der Waals surface area (Å²) in [5.74, 6) is 0.0301. The van der Waals surface area contributed by atoms with E-state index in [4.69, 9.17) is 23.2 Å². The zero-order valence-electron chi connectivity index (χ0n) is 9.72. The zero-order valence-corrected chi connectivity index (χ0v) is 11.2. The minimum atomic E-state index is 0.0301. The number of benzene rings is 1. The molecule has 0 atom stereocenters. The van der Waals surface area contributed by atoms with E-state index in [1.165, 1.54) is 0 Å². The van der Waals surface area contributed by atoms with Crippen molar-refractivity contribution in [1.29, 1.82) is 0 Å². The third kappa shape index (κ3) is 4.94. The molecule has 0 saturated heterocycles. The van der Waals surface area contributed by atoms with Gasteiger partial charge in [0.05, 0.1) is 0 Å². The quantitative estimate of drug-likeness (QED) is 0.836. The lowest BCUT2D eigenvalue weighted by Gasteiger charge is -2.08. The lowest BCUT2D eigenvalue weighted by atomic mass is 10.1. The minimum absolute atomic E-state index is 0.0301. The molecule has 94 valence electrons. The summed E-state index contributed by atoms with van der Waals surface area (Å²) < 4.78 is 0. The van der Waals surface area contributed by atoms with E-state index in [0.717, 1.165) is 5.56 Å². The van der Waals surface area contributed by atoms with Crippen molar-refractivity contribution < 1.29 is 4.79 Å². The van der Waals surface area contributed by atoms with E-state index in [0.29, 0.717) is 36.0 Å². The fraction of sp³-hybridized carbons (Fsp3) is 0.417. The Morgan fingerprint density at radius 2 is 1.88 bits per heavy atom. The van der Waals surface area contributed by atoms with Crippen LogP contribution in [-0.2, 0) is 11.2 Å². The Bertz CT molecular complexity index is 363.